The lowest BCUT2D eigenvalue weighted by molar-refractivity contribution is 0.180. The zero-order valence-corrected chi connectivity index (χ0v) is 16.0. The third kappa shape index (κ3) is 4.19. The van der Waals surface area contributed by atoms with Gasteiger partial charge in [-0.15, -0.1) is 17.5 Å². The van der Waals surface area contributed by atoms with E-state index < -0.39 is 0 Å². The predicted octanol–water partition coefficient (Wildman–Crippen LogP) is 4.62. The number of rotatable bonds is 5. The molecule has 4 nitrogen and oxygen atoms in total. The summed E-state index contributed by atoms with van der Waals surface area (Å²) < 4.78 is 7.87. The molecular weight excluding hydrogens is 346 g/mol. The summed E-state index contributed by atoms with van der Waals surface area (Å²) in [5, 5.41) is 7.11. The van der Waals surface area contributed by atoms with Gasteiger partial charge < -0.3 is 4.74 Å². The first kappa shape index (κ1) is 18.7. The molecule has 1 aliphatic heterocycles. The van der Waals surface area contributed by atoms with Crippen LogP contribution in [-0.2, 0) is 0 Å². The molecule has 2 heterocycles. The molecule has 0 saturated carbocycles. The second kappa shape index (κ2) is 8.56. The van der Waals surface area contributed by atoms with Crippen molar-refractivity contribution in [2.45, 2.75) is 26.2 Å². The van der Waals surface area contributed by atoms with E-state index in [0.717, 1.165) is 17.9 Å². The summed E-state index contributed by atoms with van der Waals surface area (Å²) in [7, 11) is 0. The van der Waals surface area contributed by atoms with Crippen molar-refractivity contribution in [2.75, 3.05) is 26.2 Å². The fraction of sp³-hybridized carbons (Fsp3) is 0.381. The molecule has 0 spiro atoms. The number of piperidine rings is 1. The van der Waals surface area contributed by atoms with E-state index in [0.29, 0.717) is 12.5 Å². The Morgan fingerprint density at radius 1 is 0.962 bits per heavy atom. The van der Waals surface area contributed by atoms with Gasteiger partial charge in [-0.25, -0.2) is 4.68 Å². The summed E-state index contributed by atoms with van der Waals surface area (Å²) >= 11 is 0. The van der Waals surface area contributed by atoms with E-state index in [1.165, 1.54) is 43.1 Å². The Hall–Kier alpha value is -2.04. The van der Waals surface area contributed by atoms with Crippen LogP contribution in [0.25, 0.3) is 16.5 Å². The molecule has 0 radical (unpaired) electrons. The molecule has 5 heteroatoms. The summed E-state index contributed by atoms with van der Waals surface area (Å²) in [4.78, 5) is 2.48. The third-order valence-corrected chi connectivity index (χ3v) is 4.95. The van der Waals surface area contributed by atoms with Crippen molar-refractivity contribution in [1.82, 2.24) is 14.7 Å². The van der Waals surface area contributed by atoms with E-state index in [1.807, 2.05) is 10.7 Å². The highest BCUT2D eigenvalue weighted by Gasteiger charge is 2.11. The molecule has 0 unspecified atom stereocenters. The Morgan fingerprint density at radius 3 is 2.54 bits per heavy atom. The highest BCUT2D eigenvalue weighted by molar-refractivity contribution is 5.85. The van der Waals surface area contributed by atoms with E-state index in [1.54, 1.807) is 0 Å². The van der Waals surface area contributed by atoms with Crippen LogP contribution in [0.15, 0.2) is 48.5 Å². The van der Waals surface area contributed by atoms with E-state index in [2.05, 4.69) is 59.4 Å². The van der Waals surface area contributed by atoms with Gasteiger partial charge in [-0.05, 0) is 55.8 Å². The van der Waals surface area contributed by atoms with E-state index in [-0.39, 0.29) is 12.4 Å². The Labute approximate surface area is 161 Å². The summed E-state index contributed by atoms with van der Waals surface area (Å²) in [5.74, 6) is 0.711. The fourth-order valence-electron chi connectivity index (χ4n) is 3.55. The Balaban J connectivity index is 0.00000196. The first-order valence-corrected chi connectivity index (χ1v) is 9.21. The SMILES string of the molecule is Cc1cc(OCCN2CCCCC2)nn1-c1ccc2ccccc2c1.Cl. The summed E-state index contributed by atoms with van der Waals surface area (Å²) in [5.41, 5.74) is 2.16. The second-order valence-electron chi connectivity index (χ2n) is 6.82. The highest BCUT2D eigenvalue weighted by Crippen LogP contribution is 2.21. The molecular formula is C21H26ClN3O. The van der Waals surface area contributed by atoms with Crippen molar-refractivity contribution in [2.24, 2.45) is 0 Å². The first-order chi connectivity index (χ1) is 12.3. The van der Waals surface area contributed by atoms with Crippen molar-refractivity contribution in [1.29, 1.82) is 0 Å². The van der Waals surface area contributed by atoms with Crippen LogP contribution in [0.1, 0.15) is 25.0 Å². The number of nitrogens with zero attached hydrogens (tertiary/aromatic N) is 3. The van der Waals surface area contributed by atoms with Gasteiger partial charge in [-0.3, -0.25) is 4.90 Å². The van der Waals surface area contributed by atoms with E-state index in [9.17, 15) is 0 Å². The minimum absolute atomic E-state index is 0. The number of fused-ring (bicyclic) bond motifs is 1. The lowest BCUT2D eigenvalue weighted by Crippen LogP contribution is -2.33. The second-order valence-corrected chi connectivity index (χ2v) is 6.82. The van der Waals surface area contributed by atoms with Crippen molar-refractivity contribution in [3.05, 3.63) is 54.2 Å². The molecule has 0 bridgehead atoms. The van der Waals surface area contributed by atoms with Gasteiger partial charge in [0, 0.05) is 18.3 Å². The molecule has 1 fully saturated rings. The molecule has 2 aromatic carbocycles. The maximum Gasteiger partial charge on any atom is 0.233 e. The van der Waals surface area contributed by atoms with E-state index >= 15 is 0 Å². The maximum atomic E-state index is 5.91. The number of aromatic nitrogens is 2. The summed E-state index contributed by atoms with van der Waals surface area (Å²) in [6, 6.07) is 16.8. The van der Waals surface area contributed by atoms with Gasteiger partial charge in [0.2, 0.25) is 5.88 Å². The van der Waals surface area contributed by atoms with Crippen molar-refractivity contribution < 1.29 is 4.74 Å². The van der Waals surface area contributed by atoms with Gasteiger partial charge in [0.1, 0.15) is 6.61 Å². The zero-order chi connectivity index (χ0) is 17.1. The van der Waals surface area contributed by atoms with Gasteiger partial charge in [-0.2, -0.15) is 0 Å². The van der Waals surface area contributed by atoms with Crippen LogP contribution in [-0.4, -0.2) is 40.9 Å². The zero-order valence-electron chi connectivity index (χ0n) is 15.2. The summed E-state index contributed by atoms with van der Waals surface area (Å²) in [6.07, 6.45) is 4.00. The van der Waals surface area contributed by atoms with Crippen LogP contribution in [0, 0.1) is 6.92 Å². The number of likely N-dealkylation sites (tertiary alicyclic amines) is 1. The molecule has 1 aliphatic rings. The van der Waals surface area contributed by atoms with Crippen molar-refractivity contribution in [3.8, 4) is 11.6 Å². The third-order valence-electron chi connectivity index (χ3n) is 4.95. The van der Waals surface area contributed by atoms with Gasteiger partial charge in [0.25, 0.3) is 0 Å². The normalized spacial score (nSPS) is 15.0. The van der Waals surface area contributed by atoms with Gasteiger partial charge in [0.15, 0.2) is 0 Å². The Morgan fingerprint density at radius 2 is 1.73 bits per heavy atom. The van der Waals surface area contributed by atoms with Gasteiger partial charge in [-0.1, -0.05) is 36.8 Å². The van der Waals surface area contributed by atoms with Crippen molar-refractivity contribution in [3.63, 3.8) is 0 Å². The van der Waals surface area contributed by atoms with Gasteiger partial charge in [0.05, 0.1) is 5.69 Å². The summed E-state index contributed by atoms with van der Waals surface area (Å²) in [6.45, 7) is 6.16. The minimum Gasteiger partial charge on any atom is -0.475 e. The minimum atomic E-state index is 0. The highest BCUT2D eigenvalue weighted by atomic mass is 35.5. The molecule has 1 aromatic heterocycles. The standard InChI is InChI=1S/C21H25N3O.ClH/c1-17-15-21(25-14-13-23-11-5-2-6-12-23)22-24(17)20-10-9-18-7-3-4-8-19(18)16-20;/h3-4,7-10,15-16H,2,5-6,11-14H2,1H3;1H. The molecule has 138 valence electrons. The molecule has 3 aromatic rings. The van der Waals surface area contributed by atoms with Gasteiger partial charge >= 0.3 is 0 Å². The number of hydrogen-bond donors (Lipinski definition) is 0. The quantitative estimate of drug-likeness (QED) is 0.655. The molecule has 0 amide bonds. The van der Waals surface area contributed by atoms with Crippen LogP contribution >= 0.6 is 12.4 Å². The maximum absolute atomic E-state index is 5.91. The van der Waals surface area contributed by atoms with Crippen LogP contribution in [0.3, 0.4) is 0 Å². The Bertz CT molecular complexity index is 855. The average Bonchev–Trinajstić information content (AvgIpc) is 3.03. The number of benzene rings is 2. The molecule has 0 atom stereocenters. The van der Waals surface area contributed by atoms with Crippen LogP contribution in [0.4, 0.5) is 0 Å². The predicted molar refractivity (Wildman–Crippen MR) is 109 cm³/mol. The smallest absolute Gasteiger partial charge is 0.233 e. The number of halogens is 1. The van der Waals surface area contributed by atoms with E-state index in [4.69, 9.17) is 4.74 Å². The molecule has 0 N–H and O–H groups in total. The Kier molecular flexibility index (Phi) is 6.17. The molecule has 4 rings (SSSR count). The number of aryl methyl sites for hydroxylation is 1. The first-order valence-electron chi connectivity index (χ1n) is 9.21. The fourth-order valence-corrected chi connectivity index (χ4v) is 3.55. The van der Waals surface area contributed by atoms with Crippen LogP contribution in [0.5, 0.6) is 5.88 Å². The monoisotopic (exact) mass is 371 g/mol. The number of ether oxygens (including phenoxy) is 1. The van der Waals surface area contributed by atoms with Crippen LogP contribution < -0.4 is 4.74 Å². The average molecular weight is 372 g/mol. The lowest BCUT2D eigenvalue weighted by Gasteiger charge is -2.25. The molecule has 26 heavy (non-hydrogen) atoms. The lowest BCUT2D eigenvalue weighted by atomic mass is 10.1. The largest absolute Gasteiger partial charge is 0.475 e. The number of hydrogen-bond acceptors (Lipinski definition) is 3. The van der Waals surface area contributed by atoms with Crippen molar-refractivity contribution >= 4 is 23.2 Å². The molecule has 1 saturated heterocycles. The van der Waals surface area contributed by atoms with Crippen LogP contribution in [0.2, 0.25) is 0 Å². The topological polar surface area (TPSA) is 30.3 Å². The molecule has 0 aliphatic carbocycles.